The number of aliphatic hydroxyl groups excluding tert-OH is 1. The third-order valence-corrected chi connectivity index (χ3v) is 3.36. The molecule has 0 saturated heterocycles. The molecule has 2 aromatic rings. The first-order chi connectivity index (χ1) is 9.17. The zero-order chi connectivity index (χ0) is 13.7. The predicted molar refractivity (Wildman–Crippen MR) is 75.8 cm³/mol. The van der Waals surface area contributed by atoms with Crippen molar-refractivity contribution in [3.63, 3.8) is 0 Å². The van der Waals surface area contributed by atoms with Gasteiger partial charge in [-0.25, -0.2) is 4.39 Å². The fraction of sp³-hybridized carbons (Fsp3) is 0.250. The second-order valence-electron chi connectivity index (χ2n) is 4.71. The van der Waals surface area contributed by atoms with E-state index in [0.717, 1.165) is 17.5 Å². The average Bonchev–Trinajstić information content (AvgIpc) is 2.40. The summed E-state index contributed by atoms with van der Waals surface area (Å²) >= 11 is 5.84. The Morgan fingerprint density at radius 1 is 1.00 bits per heavy atom. The number of halogens is 2. The quantitative estimate of drug-likeness (QED) is 0.880. The minimum Gasteiger partial charge on any atom is -0.396 e. The van der Waals surface area contributed by atoms with Crippen LogP contribution in [0.5, 0.6) is 0 Å². The Hall–Kier alpha value is -1.38. The molecule has 1 N–H and O–H groups in total. The zero-order valence-corrected chi connectivity index (χ0v) is 11.3. The van der Waals surface area contributed by atoms with Gasteiger partial charge >= 0.3 is 0 Å². The zero-order valence-electron chi connectivity index (χ0n) is 10.5. The highest BCUT2D eigenvalue weighted by molar-refractivity contribution is 6.30. The highest BCUT2D eigenvalue weighted by Crippen LogP contribution is 2.17. The van der Waals surface area contributed by atoms with Gasteiger partial charge in [-0.3, -0.25) is 0 Å². The van der Waals surface area contributed by atoms with Crippen LogP contribution in [0.15, 0.2) is 48.5 Å². The van der Waals surface area contributed by atoms with E-state index in [2.05, 4.69) is 0 Å². The van der Waals surface area contributed by atoms with Crippen molar-refractivity contribution < 1.29 is 9.50 Å². The molecule has 0 radical (unpaired) electrons. The fourth-order valence-electron chi connectivity index (χ4n) is 2.15. The molecular weight excluding hydrogens is 263 g/mol. The van der Waals surface area contributed by atoms with Crippen molar-refractivity contribution in [2.75, 3.05) is 6.61 Å². The summed E-state index contributed by atoms with van der Waals surface area (Å²) in [6, 6.07) is 14.1. The molecular formula is C16H16ClFO. The summed E-state index contributed by atoms with van der Waals surface area (Å²) in [6.45, 7) is 0.0825. The summed E-state index contributed by atoms with van der Waals surface area (Å²) in [7, 11) is 0. The highest BCUT2D eigenvalue weighted by Gasteiger charge is 2.10. The first-order valence-corrected chi connectivity index (χ1v) is 6.65. The van der Waals surface area contributed by atoms with Crippen molar-refractivity contribution in [1.29, 1.82) is 0 Å². The van der Waals surface area contributed by atoms with Gasteiger partial charge in [-0.05, 0) is 54.2 Å². The van der Waals surface area contributed by atoms with Crippen molar-refractivity contribution in [1.82, 2.24) is 0 Å². The predicted octanol–water partition coefficient (Wildman–Crippen LogP) is 3.87. The second kappa shape index (κ2) is 6.69. The molecule has 100 valence electrons. The first-order valence-electron chi connectivity index (χ1n) is 6.27. The first kappa shape index (κ1) is 14.0. The topological polar surface area (TPSA) is 20.2 Å². The largest absolute Gasteiger partial charge is 0.396 e. The maximum atomic E-state index is 13.1. The summed E-state index contributed by atoms with van der Waals surface area (Å²) in [5.74, 6) is -0.149. The van der Waals surface area contributed by atoms with Crippen molar-refractivity contribution in [3.05, 3.63) is 70.5 Å². The molecule has 0 saturated carbocycles. The van der Waals surface area contributed by atoms with Gasteiger partial charge in [-0.2, -0.15) is 0 Å². The third kappa shape index (κ3) is 4.34. The molecule has 2 aromatic carbocycles. The Balaban J connectivity index is 2.02. The van der Waals surface area contributed by atoms with Gasteiger partial charge in [-0.1, -0.05) is 35.9 Å². The maximum absolute atomic E-state index is 13.1. The SMILES string of the molecule is OCC(Cc1ccc(Cl)cc1)Cc1cccc(F)c1. The van der Waals surface area contributed by atoms with E-state index in [0.29, 0.717) is 11.4 Å². The van der Waals surface area contributed by atoms with E-state index in [-0.39, 0.29) is 18.3 Å². The lowest BCUT2D eigenvalue weighted by Gasteiger charge is -2.14. The van der Waals surface area contributed by atoms with Crippen molar-refractivity contribution >= 4 is 11.6 Å². The van der Waals surface area contributed by atoms with Crippen molar-refractivity contribution in [2.45, 2.75) is 12.8 Å². The monoisotopic (exact) mass is 278 g/mol. The molecule has 1 atom stereocenters. The molecule has 0 aliphatic rings. The van der Waals surface area contributed by atoms with Gasteiger partial charge in [0.05, 0.1) is 0 Å². The van der Waals surface area contributed by atoms with Gasteiger partial charge in [0.25, 0.3) is 0 Å². The molecule has 0 heterocycles. The van der Waals surface area contributed by atoms with Crippen LogP contribution in [0.1, 0.15) is 11.1 Å². The van der Waals surface area contributed by atoms with Crippen LogP contribution in [0.25, 0.3) is 0 Å². The molecule has 0 aromatic heterocycles. The summed E-state index contributed by atoms with van der Waals surface area (Å²) in [5.41, 5.74) is 2.04. The Morgan fingerprint density at radius 2 is 1.68 bits per heavy atom. The average molecular weight is 279 g/mol. The molecule has 0 fully saturated rings. The lowest BCUT2D eigenvalue weighted by molar-refractivity contribution is 0.225. The van der Waals surface area contributed by atoms with Crippen LogP contribution in [0.4, 0.5) is 4.39 Å². The number of aliphatic hydroxyl groups is 1. The minimum absolute atomic E-state index is 0.0825. The number of hydrogen-bond acceptors (Lipinski definition) is 1. The van der Waals surface area contributed by atoms with Crippen LogP contribution >= 0.6 is 11.6 Å². The Kier molecular flexibility index (Phi) is 4.94. The maximum Gasteiger partial charge on any atom is 0.123 e. The van der Waals surface area contributed by atoms with E-state index in [1.165, 1.54) is 12.1 Å². The van der Waals surface area contributed by atoms with Crippen molar-refractivity contribution in [2.24, 2.45) is 5.92 Å². The van der Waals surface area contributed by atoms with Gasteiger partial charge in [0.2, 0.25) is 0 Å². The molecule has 0 spiro atoms. The Labute approximate surface area is 117 Å². The molecule has 0 aliphatic carbocycles. The highest BCUT2D eigenvalue weighted by atomic mass is 35.5. The van der Waals surface area contributed by atoms with Crippen LogP contribution in [0.2, 0.25) is 5.02 Å². The third-order valence-electron chi connectivity index (χ3n) is 3.11. The number of benzene rings is 2. The molecule has 2 rings (SSSR count). The van der Waals surface area contributed by atoms with Crippen LogP contribution in [0.3, 0.4) is 0 Å². The van der Waals surface area contributed by atoms with E-state index in [1.807, 2.05) is 30.3 Å². The van der Waals surface area contributed by atoms with Crippen LogP contribution in [-0.2, 0) is 12.8 Å². The molecule has 0 aliphatic heterocycles. The summed E-state index contributed by atoms with van der Waals surface area (Å²) in [6.07, 6.45) is 1.42. The van der Waals surface area contributed by atoms with Crippen LogP contribution < -0.4 is 0 Å². The molecule has 1 unspecified atom stereocenters. The minimum atomic E-state index is -0.235. The molecule has 3 heteroatoms. The summed E-state index contributed by atoms with van der Waals surface area (Å²) in [5, 5.41) is 10.2. The Bertz CT molecular complexity index is 525. The molecule has 19 heavy (non-hydrogen) atoms. The van der Waals surface area contributed by atoms with Crippen molar-refractivity contribution in [3.8, 4) is 0 Å². The van der Waals surface area contributed by atoms with Gasteiger partial charge in [0.1, 0.15) is 5.82 Å². The van der Waals surface area contributed by atoms with Gasteiger partial charge < -0.3 is 5.11 Å². The standard InChI is InChI=1S/C16H16ClFO/c17-15-6-4-12(5-7-15)8-14(11-19)9-13-2-1-3-16(18)10-13/h1-7,10,14,19H,8-9,11H2. The molecule has 0 amide bonds. The lowest BCUT2D eigenvalue weighted by atomic mass is 9.93. The van der Waals surface area contributed by atoms with E-state index < -0.39 is 0 Å². The fourth-order valence-corrected chi connectivity index (χ4v) is 2.28. The number of hydrogen-bond donors (Lipinski definition) is 1. The lowest BCUT2D eigenvalue weighted by Crippen LogP contribution is -2.13. The molecule has 0 bridgehead atoms. The van der Waals surface area contributed by atoms with Crippen LogP contribution in [-0.4, -0.2) is 11.7 Å². The normalized spacial score (nSPS) is 12.4. The smallest absolute Gasteiger partial charge is 0.123 e. The van der Waals surface area contributed by atoms with E-state index in [1.54, 1.807) is 6.07 Å². The van der Waals surface area contributed by atoms with Gasteiger partial charge in [-0.15, -0.1) is 0 Å². The van der Waals surface area contributed by atoms with Gasteiger partial charge in [0, 0.05) is 11.6 Å². The van der Waals surface area contributed by atoms with E-state index in [4.69, 9.17) is 11.6 Å². The van der Waals surface area contributed by atoms with Gasteiger partial charge in [0.15, 0.2) is 0 Å². The van der Waals surface area contributed by atoms with Crippen LogP contribution in [0, 0.1) is 11.7 Å². The Morgan fingerprint density at radius 3 is 2.32 bits per heavy atom. The molecule has 1 nitrogen and oxygen atoms in total. The second-order valence-corrected chi connectivity index (χ2v) is 5.15. The number of rotatable bonds is 5. The summed E-state index contributed by atoms with van der Waals surface area (Å²) in [4.78, 5) is 0. The summed E-state index contributed by atoms with van der Waals surface area (Å²) < 4.78 is 13.1. The van der Waals surface area contributed by atoms with E-state index >= 15 is 0 Å². The van der Waals surface area contributed by atoms with E-state index in [9.17, 15) is 9.50 Å².